The largest absolute Gasteiger partial charge is 0.488 e. The molecule has 1 aromatic rings. The van der Waals surface area contributed by atoms with Gasteiger partial charge < -0.3 is 4.74 Å². The van der Waals surface area contributed by atoms with Gasteiger partial charge in [-0.15, -0.1) is 0 Å². The Hall–Kier alpha value is -0.660. The Morgan fingerprint density at radius 2 is 2.07 bits per heavy atom. The van der Waals surface area contributed by atoms with Crippen LogP contribution < -0.4 is 4.74 Å². The van der Waals surface area contributed by atoms with Gasteiger partial charge in [-0.2, -0.15) is 0 Å². The van der Waals surface area contributed by atoms with Gasteiger partial charge in [-0.05, 0) is 29.7 Å². The van der Waals surface area contributed by atoms with Crippen LogP contribution in [0.3, 0.4) is 0 Å². The molecule has 0 radical (unpaired) electrons. The summed E-state index contributed by atoms with van der Waals surface area (Å²) in [7, 11) is 0. The molecule has 1 rings (SSSR count). The van der Waals surface area contributed by atoms with Crippen LogP contribution in [0.4, 0.5) is 0 Å². The van der Waals surface area contributed by atoms with Gasteiger partial charge in [0.1, 0.15) is 12.4 Å². The van der Waals surface area contributed by atoms with Crippen molar-refractivity contribution >= 4 is 23.2 Å². The third kappa shape index (κ3) is 3.77. The van der Waals surface area contributed by atoms with Crippen LogP contribution >= 0.6 is 23.2 Å². The zero-order valence-electron chi connectivity index (χ0n) is 8.89. The molecule has 82 valence electrons. The third-order valence-corrected chi connectivity index (χ3v) is 2.65. The van der Waals surface area contributed by atoms with E-state index in [2.05, 4.69) is 20.4 Å². The number of ether oxygens (including phenoxy) is 1. The molecule has 0 heterocycles. The smallest absolute Gasteiger partial charge is 0.138 e. The summed E-state index contributed by atoms with van der Waals surface area (Å²) in [4.78, 5) is 0. The fourth-order valence-corrected chi connectivity index (χ4v) is 1.39. The fourth-order valence-electron chi connectivity index (χ4n) is 0.929. The minimum atomic E-state index is 0.413. The molecule has 0 aliphatic carbocycles. The molecular formula is C12H14Cl2O. The van der Waals surface area contributed by atoms with Crippen molar-refractivity contribution in [3.8, 4) is 5.75 Å². The first-order valence-corrected chi connectivity index (χ1v) is 5.52. The van der Waals surface area contributed by atoms with E-state index < -0.39 is 0 Å². The Balaban J connectivity index is 2.62. The predicted octanol–water partition coefficient (Wildman–Crippen LogP) is 4.58. The molecule has 0 aliphatic rings. The zero-order chi connectivity index (χ0) is 11.4. The Labute approximate surface area is 101 Å². The molecule has 0 spiro atoms. The lowest BCUT2D eigenvalue weighted by Crippen LogP contribution is -2.05. The van der Waals surface area contributed by atoms with Crippen molar-refractivity contribution in [1.82, 2.24) is 0 Å². The Kier molecular flexibility index (Phi) is 4.49. The van der Waals surface area contributed by atoms with E-state index in [1.807, 2.05) is 0 Å². The average Bonchev–Trinajstić information content (AvgIpc) is 2.15. The first kappa shape index (κ1) is 12.4. The quantitative estimate of drug-likeness (QED) is 0.705. The van der Waals surface area contributed by atoms with Crippen LogP contribution in [0.1, 0.15) is 13.8 Å². The summed E-state index contributed by atoms with van der Waals surface area (Å²) >= 11 is 11.7. The summed E-state index contributed by atoms with van der Waals surface area (Å²) in [6.45, 7) is 8.56. The molecule has 15 heavy (non-hydrogen) atoms. The second kappa shape index (κ2) is 5.43. The molecule has 0 amide bonds. The fraction of sp³-hybridized carbons (Fsp3) is 0.333. The van der Waals surface area contributed by atoms with E-state index in [0.717, 1.165) is 5.57 Å². The summed E-state index contributed by atoms with van der Waals surface area (Å²) in [5.74, 6) is 1.05. The van der Waals surface area contributed by atoms with E-state index in [1.165, 1.54) is 0 Å². The minimum Gasteiger partial charge on any atom is -0.488 e. The second-order valence-electron chi connectivity index (χ2n) is 3.68. The van der Waals surface area contributed by atoms with E-state index in [9.17, 15) is 0 Å². The lowest BCUT2D eigenvalue weighted by molar-refractivity contribution is 0.340. The number of hydrogen-bond donors (Lipinski definition) is 0. The van der Waals surface area contributed by atoms with Gasteiger partial charge in [0.15, 0.2) is 0 Å². The van der Waals surface area contributed by atoms with Gasteiger partial charge in [0.25, 0.3) is 0 Å². The summed E-state index contributed by atoms with van der Waals surface area (Å²) in [5.41, 5.74) is 1.04. The van der Waals surface area contributed by atoms with Crippen molar-refractivity contribution in [1.29, 1.82) is 0 Å². The highest BCUT2D eigenvalue weighted by Crippen LogP contribution is 2.28. The summed E-state index contributed by atoms with van der Waals surface area (Å²) in [6.07, 6.45) is 0. The summed E-state index contributed by atoms with van der Waals surface area (Å²) in [5, 5.41) is 1.13. The molecular weight excluding hydrogens is 231 g/mol. The minimum absolute atomic E-state index is 0.413. The van der Waals surface area contributed by atoms with Crippen LogP contribution in [-0.2, 0) is 0 Å². The number of rotatable bonds is 4. The standard InChI is InChI=1S/C12H14Cl2O/c1-8(2)9(3)7-15-12-5-4-10(13)6-11(12)14/h4-6,8H,3,7H2,1-2H3. The highest BCUT2D eigenvalue weighted by Gasteiger charge is 2.05. The molecule has 1 aromatic carbocycles. The SMILES string of the molecule is C=C(COc1ccc(Cl)cc1Cl)C(C)C. The van der Waals surface area contributed by atoms with E-state index in [1.54, 1.807) is 18.2 Å². The topological polar surface area (TPSA) is 9.23 Å². The molecule has 0 atom stereocenters. The molecule has 1 nitrogen and oxygen atoms in total. The summed E-state index contributed by atoms with van der Waals surface area (Å²) < 4.78 is 5.52. The third-order valence-electron chi connectivity index (χ3n) is 2.12. The Morgan fingerprint density at radius 3 is 2.60 bits per heavy atom. The predicted molar refractivity (Wildman–Crippen MR) is 65.9 cm³/mol. The van der Waals surface area contributed by atoms with Crippen LogP contribution in [0.2, 0.25) is 10.0 Å². The molecule has 0 unspecified atom stereocenters. The lowest BCUT2D eigenvalue weighted by Gasteiger charge is -2.12. The van der Waals surface area contributed by atoms with Gasteiger partial charge in [0, 0.05) is 5.02 Å². The molecule has 0 saturated carbocycles. The first-order valence-electron chi connectivity index (χ1n) is 4.76. The maximum Gasteiger partial charge on any atom is 0.138 e. The van der Waals surface area contributed by atoms with E-state index in [-0.39, 0.29) is 0 Å². The molecule has 0 aliphatic heterocycles. The first-order chi connectivity index (χ1) is 7.00. The van der Waals surface area contributed by atoms with E-state index in [4.69, 9.17) is 27.9 Å². The van der Waals surface area contributed by atoms with Crippen molar-refractivity contribution < 1.29 is 4.74 Å². The van der Waals surface area contributed by atoms with Crippen molar-refractivity contribution in [2.24, 2.45) is 5.92 Å². The molecule has 0 fully saturated rings. The van der Waals surface area contributed by atoms with Crippen molar-refractivity contribution in [3.05, 3.63) is 40.4 Å². The normalized spacial score (nSPS) is 10.5. The van der Waals surface area contributed by atoms with Crippen LogP contribution in [-0.4, -0.2) is 6.61 Å². The van der Waals surface area contributed by atoms with Crippen LogP contribution in [0.15, 0.2) is 30.4 Å². The molecule has 0 N–H and O–H groups in total. The van der Waals surface area contributed by atoms with Gasteiger partial charge in [0.05, 0.1) is 5.02 Å². The van der Waals surface area contributed by atoms with Gasteiger partial charge >= 0.3 is 0 Å². The van der Waals surface area contributed by atoms with Crippen LogP contribution in [0.25, 0.3) is 0 Å². The molecule has 3 heteroatoms. The zero-order valence-corrected chi connectivity index (χ0v) is 10.4. The van der Waals surface area contributed by atoms with Crippen LogP contribution in [0, 0.1) is 5.92 Å². The number of hydrogen-bond acceptors (Lipinski definition) is 1. The summed E-state index contributed by atoms with van der Waals surface area (Å²) in [6, 6.07) is 5.18. The lowest BCUT2D eigenvalue weighted by atomic mass is 10.1. The maximum atomic E-state index is 5.95. The van der Waals surface area contributed by atoms with Gasteiger partial charge in [-0.25, -0.2) is 0 Å². The van der Waals surface area contributed by atoms with E-state index in [0.29, 0.717) is 28.3 Å². The highest BCUT2D eigenvalue weighted by molar-refractivity contribution is 6.35. The monoisotopic (exact) mass is 244 g/mol. The van der Waals surface area contributed by atoms with Crippen molar-refractivity contribution in [2.45, 2.75) is 13.8 Å². The molecule has 0 aromatic heterocycles. The number of benzene rings is 1. The van der Waals surface area contributed by atoms with Crippen molar-refractivity contribution in [2.75, 3.05) is 6.61 Å². The Bertz CT molecular complexity index is 359. The van der Waals surface area contributed by atoms with Gasteiger partial charge in [0.2, 0.25) is 0 Å². The van der Waals surface area contributed by atoms with E-state index >= 15 is 0 Å². The molecule has 0 bridgehead atoms. The Morgan fingerprint density at radius 1 is 1.40 bits per heavy atom. The van der Waals surface area contributed by atoms with Gasteiger partial charge in [-0.3, -0.25) is 0 Å². The van der Waals surface area contributed by atoms with Gasteiger partial charge in [-0.1, -0.05) is 43.6 Å². The van der Waals surface area contributed by atoms with Crippen molar-refractivity contribution in [3.63, 3.8) is 0 Å². The second-order valence-corrected chi connectivity index (χ2v) is 4.52. The number of halogens is 2. The average molecular weight is 245 g/mol. The molecule has 0 saturated heterocycles. The highest BCUT2D eigenvalue weighted by atomic mass is 35.5. The maximum absolute atomic E-state index is 5.95. The van der Waals surface area contributed by atoms with Crippen LogP contribution in [0.5, 0.6) is 5.75 Å².